The molecule has 1 atom stereocenters. The highest BCUT2D eigenvalue weighted by Crippen LogP contribution is 2.27. The lowest BCUT2D eigenvalue weighted by atomic mass is 9.96. The van der Waals surface area contributed by atoms with Crippen molar-refractivity contribution in [1.29, 1.82) is 0 Å². The van der Waals surface area contributed by atoms with Gasteiger partial charge in [-0.1, -0.05) is 24.3 Å². The van der Waals surface area contributed by atoms with Crippen LogP contribution in [0.25, 0.3) is 11.1 Å². The highest BCUT2D eigenvalue weighted by atomic mass is 16.3. The van der Waals surface area contributed by atoms with Crippen molar-refractivity contribution in [2.75, 3.05) is 13.1 Å². The molecule has 1 amide bonds. The Kier molecular flexibility index (Phi) is 4.67. The number of imidazole rings is 1. The van der Waals surface area contributed by atoms with E-state index >= 15 is 0 Å². The van der Waals surface area contributed by atoms with Crippen molar-refractivity contribution >= 4 is 5.91 Å². The van der Waals surface area contributed by atoms with E-state index in [0.29, 0.717) is 18.0 Å². The zero-order valence-electron chi connectivity index (χ0n) is 15.4. The molecule has 2 heterocycles. The minimum Gasteiger partial charge on any atom is -0.508 e. The second-order valence-electron chi connectivity index (χ2n) is 7.11. The summed E-state index contributed by atoms with van der Waals surface area (Å²) in [6.07, 6.45) is 5.83. The molecule has 5 heteroatoms. The fourth-order valence-electron chi connectivity index (χ4n) is 3.78. The summed E-state index contributed by atoms with van der Waals surface area (Å²) in [5.74, 6) is 1.67. The van der Waals surface area contributed by atoms with Gasteiger partial charge in [-0.25, -0.2) is 4.98 Å². The van der Waals surface area contributed by atoms with Gasteiger partial charge in [-0.15, -0.1) is 0 Å². The van der Waals surface area contributed by atoms with Crippen LogP contribution in [0.2, 0.25) is 0 Å². The maximum Gasteiger partial charge on any atom is 0.253 e. The first-order valence-electron chi connectivity index (χ1n) is 9.28. The highest BCUT2D eigenvalue weighted by molar-refractivity contribution is 5.94. The predicted octanol–water partition coefficient (Wildman–Crippen LogP) is 3.81. The van der Waals surface area contributed by atoms with Crippen LogP contribution in [0, 0.1) is 0 Å². The van der Waals surface area contributed by atoms with Gasteiger partial charge in [0.1, 0.15) is 11.6 Å². The molecule has 0 radical (unpaired) electrons. The number of carbonyl (C=O) groups is 1. The molecule has 1 saturated heterocycles. The topological polar surface area (TPSA) is 58.4 Å². The molecule has 4 rings (SSSR count). The molecule has 0 bridgehead atoms. The van der Waals surface area contributed by atoms with Gasteiger partial charge in [0, 0.05) is 44.0 Å². The first-order valence-corrected chi connectivity index (χ1v) is 9.28. The van der Waals surface area contributed by atoms with Crippen LogP contribution in [-0.2, 0) is 7.05 Å². The second kappa shape index (κ2) is 7.27. The SMILES string of the molecule is Cn1ccnc1[C@@H]1CCCN(C(=O)c2ccc(-c3ccc(O)cc3)cc2)C1. The molecule has 27 heavy (non-hydrogen) atoms. The Labute approximate surface area is 158 Å². The molecule has 1 fully saturated rings. The van der Waals surface area contributed by atoms with E-state index in [1.165, 1.54) is 0 Å². The van der Waals surface area contributed by atoms with Crippen LogP contribution in [0.1, 0.15) is 34.9 Å². The fourth-order valence-corrected chi connectivity index (χ4v) is 3.78. The van der Waals surface area contributed by atoms with Crippen LogP contribution in [0.3, 0.4) is 0 Å². The minimum absolute atomic E-state index is 0.0752. The Morgan fingerprint density at radius 2 is 1.74 bits per heavy atom. The Hall–Kier alpha value is -3.08. The van der Waals surface area contributed by atoms with Crippen LogP contribution in [0.5, 0.6) is 5.75 Å². The summed E-state index contributed by atoms with van der Waals surface area (Å²) in [6, 6.07) is 14.8. The van der Waals surface area contributed by atoms with Crippen molar-refractivity contribution in [1.82, 2.24) is 14.5 Å². The minimum atomic E-state index is 0.0752. The van der Waals surface area contributed by atoms with E-state index in [9.17, 15) is 9.90 Å². The quantitative estimate of drug-likeness (QED) is 0.772. The fraction of sp³-hybridized carbons (Fsp3) is 0.273. The number of amides is 1. The van der Waals surface area contributed by atoms with E-state index in [0.717, 1.165) is 36.3 Å². The summed E-state index contributed by atoms with van der Waals surface area (Å²) in [4.78, 5) is 19.4. The van der Waals surface area contributed by atoms with Crippen molar-refractivity contribution < 1.29 is 9.90 Å². The van der Waals surface area contributed by atoms with Crippen LogP contribution < -0.4 is 0 Å². The molecule has 5 nitrogen and oxygen atoms in total. The summed E-state index contributed by atoms with van der Waals surface area (Å²) in [5, 5.41) is 9.42. The van der Waals surface area contributed by atoms with E-state index in [1.807, 2.05) is 65.3 Å². The van der Waals surface area contributed by atoms with Gasteiger partial charge in [0.2, 0.25) is 0 Å². The van der Waals surface area contributed by atoms with E-state index < -0.39 is 0 Å². The number of carbonyl (C=O) groups excluding carboxylic acids is 1. The first-order chi connectivity index (χ1) is 13.1. The van der Waals surface area contributed by atoms with Crippen LogP contribution >= 0.6 is 0 Å². The lowest BCUT2D eigenvalue weighted by Crippen LogP contribution is -2.39. The summed E-state index contributed by atoms with van der Waals surface area (Å²) in [6.45, 7) is 1.50. The Morgan fingerprint density at radius 1 is 1.07 bits per heavy atom. The zero-order chi connectivity index (χ0) is 18.8. The van der Waals surface area contributed by atoms with E-state index in [-0.39, 0.29) is 11.7 Å². The second-order valence-corrected chi connectivity index (χ2v) is 7.11. The molecule has 3 aromatic rings. The van der Waals surface area contributed by atoms with Gasteiger partial charge in [0.05, 0.1) is 0 Å². The lowest BCUT2D eigenvalue weighted by Gasteiger charge is -2.32. The van der Waals surface area contributed by atoms with Gasteiger partial charge in [0.15, 0.2) is 0 Å². The molecule has 1 aliphatic rings. The third kappa shape index (κ3) is 3.58. The number of phenolic OH excluding ortho intramolecular Hbond substituents is 1. The highest BCUT2D eigenvalue weighted by Gasteiger charge is 2.27. The maximum atomic E-state index is 13.0. The van der Waals surface area contributed by atoms with Crippen molar-refractivity contribution in [3.05, 3.63) is 72.3 Å². The van der Waals surface area contributed by atoms with Crippen LogP contribution in [0.4, 0.5) is 0 Å². The molecule has 1 aliphatic heterocycles. The molecule has 1 aromatic heterocycles. The number of hydrogen-bond acceptors (Lipinski definition) is 3. The van der Waals surface area contributed by atoms with E-state index in [2.05, 4.69) is 4.98 Å². The number of likely N-dealkylation sites (tertiary alicyclic amines) is 1. The maximum absolute atomic E-state index is 13.0. The normalized spacial score (nSPS) is 17.1. The third-order valence-corrected chi connectivity index (χ3v) is 5.26. The number of hydrogen-bond donors (Lipinski definition) is 1. The molecule has 0 aliphatic carbocycles. The number of benzene rings is 2. The van der Waals surface area contributed by atoms with Gasteiger partial charge >= 0.3 is 0 Å². The molecule has 1 N–H and O–H groups in total. The number of aromatic nitrogens is 2. The van der Waals surface area contributed by atoms with Crippen molar-refractivity contribution in [2.45, 2.75) is 18.8 Å². The molecule has 0 unspecified atom stereocenters. The number of nitrogens with zero attached hydrogens (tertiary/aromatic N) is 3. The van der Waals surface area contributed by atoms with Gasteiger partial charge in [0.25, 0.3) is 5.91 Å². The Morgan fingerprint density at radius 3 is 2.37 bits per heavy atom. The Balaban J connectivity index is 1.49. The number of aryl methyl sites for hydroxylation is 1. The number of rotatable bonds is 3. The predicted molar refractivity (Wildman–Crippen MR) is 105 cm³/mol. The monoisotopic (exact) mass is 361 g/mol. The number of aromatic hydroxyl groups is 1. The Bertz CT molecular complexity index is 929. The molecule has 0 saturated carbocycles. The third-order valence-electron chi connectivity index (χ3n) is 5.26. The largest absolute Gasteiger partial charge is 0.508 e. The first kappa shape index (κ1) is 17.3. The summed E-state index contributed by atoms with van der Waals surface area (Å²) < 4.78 is 2.05. The van der Waals surface area contributed by atoms with Crippen molar-refractivity contribution in [2.24, 2.45) is 7.05 Å². The van der Waals surface area contributed by atoms with Crippen LogP contribution in [0.15, 0.2) is 60.9 Å². The molecule has 138 valence electrons. The summed E-state index contributed by atoms with van der Waals surface area (Å²) >= 11 is 0. The average Bonchev–Trinajstić information content (AvgIpc) is 3.14. The van der Waals surface area contributed by atoms with Gasteiger partial charge in [-0.2, -0.15) is 0 Å². The van der Waals surface area contributed by atoms with Gasteiger partial charge < -0.3 is 14.6 Å². The molecular weight excluding hydrogens is 338 g/mol. The number of piperidine rings is 1. The zero-order valence-corrected chi connectivity index (χ0v) is 15.4. The van der Waals surface area contributed by atoms with E-state index in [1.54, 1.807) is 12.1 Å². The smallest absolute Gasteiger partial charge is 0.253 e. The summed E-state index contributed by atoms with van der Waals surface area (Å²) in [7, 11) is 2.01. The standard InChI is InChI=1S/C22H23N3O2/c1-24-14-12-23-21(24)19-3-2-13-25(15-19)22(27)18-6-4-16(5-7-18)17-8-10-20(26)11-9-17/h4-12,14,19,26H,2-3,13,15H2,1H3/t19-/m1/s1. The lowest BCUT2D eigenvalue weighted by molar-refractivity contribution is 0.0703. The summed E-state index contributed by atoms with van der Waals surface area (Å²) in [5.41, 5.74) is 2.74. The molecule has 2 aromatic carbocycles. The number of phenols is 1. The van der Waals surface area contributed by atoms with Crippen LogP contribution in [-0.4, -0.2) is 38.6 Å². The van der Waals surface area contributed by atoms with E-state index in [4.69, 9.17) is 0 Å². The van der Waals surface area contributed by atoms with Gasteiger partial charge in [-0.3, -0.25) is 4.79 Å². The van der Waals surface area contributed by atoms with Crippen molar-refractivity contribution in [3.8, 4) is 16.9 Å². The average molecular weight is 361 g/mol. The van der Waals surface area contributed by atoms with Gasteiger partial charge in [-0.05, 0) is 48.2 Å². The molecular formula is C22H23N3O2. The molecule has 0 spiro atoms. The van der Waals surface area contributed by atoms with Crippen molar-refractivity contribution in [3.63, 3.8) is 0 Å².